The molecule has 0 heterocycles. The summed E-state index contributed by atoms with van der Waals surface area (Å²) < 4.78 is 10.8. The van der Waals surface area contributed by atoms with E-state index in [1.165, 1.54) is 12.8 Å². The highest BCUT2D eigenvalue weighted by atomic mass is 16.5. The molecule has 0 atom stereocenters. The Hall–Kier alpha value is -1.48. The second kappa shape index (κ2) is 6.45. The lowest BCUT2D eigenvalue weighted by Crippen LogP contribution is -2.07. The Morgan fingerprint density at radius 3 is 2.56 bits per heavy atom. The van der Waals surface area contributed by atoms with Crippen LogP contribution >= 0.6 is 0 Å². The number of methoxy groups -OCH3 is 1. The van der Waals surface area contributed by atoms with Crippen LogP contribution in [0, 0.1) is 0 Å². The van der Waals surface area contributed by atoms with Crippen molar-refractivity contribution in [1.82, 2.24) is 0 Å². The van der Waals surface area contributed by atoms with Crippen molar-refractivity contribution in [2.45, 2.75) is 31.8 Å². The number of hydrogen-bond acceptors (Lipinski definition) is 3. The zero-order chi connectivity index (χ0) is 12.8. The first-order valence-corrected chi connectivity index (χ1v) is 6.45. The topological polar surface area (TPSA) is 38.7 Å². The van der Waals surface area contributed by atoms with Crippen molar-refractivity contribution < 1.29 is 14.6 Å². The van der Waals surface area contributed by atoms with Crippen LogP contribution in [0.5, 0.6) is 5.75 Å². The number of benzene rings is 1. The van der Waals surface area contributed by atoms with Gasteiger partial charge >= 0.3 is 0 Å². The van der Waals surface area contributed by atoms with E-state index in [1.54, 1.807) is 13.2 Å². The van der Waals surface area contributed by atoms with Crippen molar-refractivity contribution in [3.63, 3.8) is 0 Å². The summed E-state index contributed by atoms with van der Waals surface area (Å²) in [4.78, 5) is 0. The number of rotatable bonds is 5. The number of hydrogen-bond donors (Lipinski definition) is 1. The van der Waals surface area contributed by atoms with Crippen LogP contribution in [0.15, 0.2) is 30.3 Å². The third kappa shape index (κ3) is 3.50. The molecule has 1 aromatic rings. The van der Waals surface area contributed by atoms with Gasteiger partial charge in [0.05, 0.1) is 19.8 Å². The molecule has 3 heteroatoms. The Kier molecular flexibility index (Phi) is 4.65. The first-order valence-electron chi connectivity index (χ1n) is 6.45. The van der Waals surface area contributed by atoms with Gasteiger partial charge in [-0.1, -0.05) is 12.8 Å². The molecule has 1 N–H and O–H groups in total. The van der Waals surface area contributed by atoms with E-state index >= 15 is 0 Å². The standard InChI is InChI=1S/C15H20O3/c1-17-13-8-6-12(7-9-13)15(16)10-11-18-14-4-2-3-5-14/h6-10,14,16H,2-5,11H2,1H3. The molecule has 0 radical (unpaired) electrons. The third-order valence-electron chi connectivity index (χ3n) is 3.30. The maximum Gasteiger partial charge on any atom is 0.121 e. The summed E-state index contributed by atoms with van der Waals surface area (Å²) in [5.74, 6) is 1.05. The SMILES string of the molecule is COc1ccc(C(O)=CCOC2CCCC2)cc1. The molecule has 1 aliphatic carbocycles. The van der Waals surface area contributed by atoms with Crippen molar-refractivity contribution in [1.29, 1.82) is 0 Å². The van der Waals surface area contributed by atoms with Gasteiger partial charge in [0.15, 0.2) is 0 Å². The molecule has 0 aliphatic heterocycles. The molecule has 1 fully saturated rings. The van der Waals surface area contributed by atoms with Gasteiger partial charge in [0.25, 0.3) is 0 Å². The molecule has 0 aromatic heterocycles. The maximum atomic E-state index is 9.90. The number of aliphatic hydroxyl groups excluding tert-OH is 1. The average molecular weight is 248 g/mol. The highest BCUT2D eigenvalue weighted by Gasteiger charge is 2.14. The van der Waals surface area contributed by atoms with Gasteiger partial charge in [0, 0.05) is 5.56 Å². The molecule has 1 saturated carbocycles. The molecule has 2 rings (SSSR count). The van der Waals surface area contributed by atoms with Gasteiger partial charge < -0.3 is 14.6 Å². The summed E-state index contributed by atoms with van der Waals surface area (Å²) in [6, 6.07) is 7.33. The van der Waals surface area contributed by atoms with Crippen LogP contribution in [-0.2, 0) is 4.74 Å². The van der Waals surface area contributed by atoms with E-state index in [9.17, 15) is 5.11 Å². The first kappa shape index (κ1) is 13.0. The smallest absolute Gasteiger partial charge is 0.121 e. The monoisotopic (exact) mass is 248 g/mol. The van der Waals surface area contributed by atoms with Gasteiger partial charge in [0.1, 0.15) is 11.5 Å². The van der Waals surface area contributed by atoms with Gasteiger partial charge in [-0.15, -0.1) is 0 Å². The van der Waals surface area contributed by atoms with Crippen LogP contribution in [0.25, 0.3) is 5.76 Å². The molecule has 1 aliphatic rings. The molecule has 0 spiro atoms. The zero-order valence-electron chi connectivity index (χ0n) is 10.8. The zero-order valence-corrected chi connectivity index (χ0v) is 10.8. The van der Waals surface area contributed by atoms with Crippen LogP contribution in [0.2, 0.25) is 0 Å². The first-order chi connectivity index (χ1) is 8.79. The Labute approximate surface area is 108 Å². The molecule has 3 nitrogen and oxygen atoms in total. The largest absolute Gasteiger partial charge is 0.508 e. The molecule has 0 unspecified atom stereocenters. The second-order valence-electron chi connectivity index (χ2n) is 4.56. The fourth-order valence-corrected chi connectivity index (χ4v) is 2.20. The highest BCUT2D eigenvalue weighted by molar-refractivity contribution is 5.59. The lowest BCUT2D eigenvalue weighted by molar-refractivity contribution is 0.0797. The van der Waals surface area contributed by atoms with Crippen molar-refractivity contribution in [2.75, 3.05) is 13.7 Å². The Morgan fingerprint density at radius 2 is 1.94 bits per heavy atom. The molecule has 0 amide bonds. The predicted molar refractivity (Wildman–Crippen MR) is 71.8 cm³/mol. The summed E-state index contributed by atoms with van der Waals surface area (Å²) in [7, 11) is 1.63. The quantitative estimate of drug-likeness (QED) is 0.810. The van der Waals surface area contributed by atoms with Crippen LogP contribution in [-0.4, -0.2) is 24.9 Å². The fourth-order valence-electron chi connectivity index (χ4n) is 2.20. The van der Waals surface area contributed by atoms with Gasteiger partial charge in [-0.25, -0.2) is 0 Å². The second-order valence-corrected chi connectivity index (χ2v) is 4.56. The van der Waals surface area contributed by atoms with Crippen LogP contribution < -0.4 is 4.74 Å². The average Bonchev–Trinajstić information content (AvgIpc) is 2.92. The van der Waals surface area contributed by atoms with Gasteiger partial charge in [-0.3, -0.25) is 0 Å². The lowest BCUT2D eigenvalue weighted by Gasteiger charge is -2.09. The minimum absolute atomic E-state index is 0.260. The van der Waals surface area contributed by atoms with E-state index in [2.05, 4.69) is 0 Å². The minimum atomic E-state index is 0.260. The van der Waals surface area contributed by atoms with Gasteiger partial charge in [-0.05, 0) is 43.2 Å². The molecule has 0 bridgehead atoms. The lowest BCUT2D eigenvalue weighted by atomic mass is 10.2. The van der Waals surface area contributed by atoms with Crippen LogP contribution in [0.4, 0.5) is 0 Å². The molecular formula is C15H20O3. The molecule has 0 saturated heterocycles. The summed E-state index contributed by atoms with van der Waals surface area (Å²) in [6.45, 7) is 0.475. The maximum absolute atomic E-state index is 9.90. The van der Waals surface area contributed by atoms with Gasteiger partial charge in [0.2, 0.25) is 0 Å². The molecule has 98 valence electrons. The third-order valence-corrected chi connectivity index (χ3v) is 3.30. The van der Waals surface area contributed by atoms with Crippen molar-refractivity contribution in [3.05, 3.63) is 35.9 Å². The number of aliphatic hydroxyl groups is 1. The Morgan fingerprint density at radius 1 is 1.28 bits per heavy atom. The van der Waals surface area contributed by atoms with Crippen molar-refractivity contribution in [2.24, 2.45) is 0 Å². The highest BCUT2D eigenvalue weighted by Crippen LogP contribution is 2.21. The summed E-state index contributed by atoms with van der Waals surface area (Å²) in [5, 5.41) is 9.90. The predicted octanol–water partition coefficient (Wildman–Crippen LogP) is 3.55. The van der Waals surface area contributed by atoms with E-state index in [4.69, 9.17) is 9.47 Å². The van der Waals surface area contributed by atoms with E-state index < -0.39 is 0 Å². The summed E-state index contributed by atoms with van der Waals surface area (Å²) in [6.07, 6.45) is 6.93. The molecule has 18 heavy (non-hydrogen) atoms. The van der Waals surface area contributed by atoms with Gasteiger partial charge in [-0.2, -0.15) is 0 Å². The van der Waals surface area contributed by atoms with E-state index in [1.807, 2.05) is 24.3 Å². The van der Waals surface area contributed by atoms with Crippen molar-refractivity contribution >= 4 is 5.76 Å². The molecule has 1 aromatic carbocycles. The normalized spacial score (nSPS) is 17.1. The van der Waals surface area contributed by atoms with Crippen molar-refractivity contribution in [3.8, 4) is 5.75 Å². The van der Waals surface area contributed by atoms with Crippen LogP contribution in [0.1, 0.15) is 31.2 Å². The molecular weight excluding hydrogens is 228 g/mol. The Balaban J connectivity index is 1.86. The summed E-state index contributed by atoms with van der Waals surface area (Å²) in [5.41, 5.74) is 0.783. The Bertz CT molecular complexity index is 389. The summed E-state index contributed by atoms with van der Waals surface area (Å²) >= 11 is 0. The van der Waals surface area contributed by atoms with E-state index in [0.29, 0.717) is 12.7 Å². The van der Waals surface area contributed by atoms with E-state index in [0.717, 1.165) is 24.2 Å². The minimum Gasteiger partial charge on any atom is -0.508 e. The fraction of sp³-hybridized carbons (Fsp3) is 0.467. The van der Waals surface area contributed by atoms with Crippen LogP contribution in [0.3, 0.4) is 0 Å². The van der Waals surface area contributed by atoms with E-state index in [-0.39, 0.29) is 5.76 Å². The number of ether oxygens (including phenoxy) is 2.